The highest BCUT2D eigenvalue weighted by Crippen LogP contribution is 2.26. The Labute approximate surface area is 98.2 Å². The Bertz CT molecular complexity index is 352. The second-order valence-electron chi connectivity index (χ2n) is 3.01. The Balaban J connectivity index is 3.28. The normalized spacial score (nSPS) is 9.93. The number of hydrogen-bond donors (Lipinski definition) is 1. The Kier molecular flexibility index (Phi) is 3.89. The summed E-state index contributed by atoms with van der Waals surface area (Å²) in [5.74, 6) is 0. The standard InChI is InChI=1S/C10H13BrN2S/c1-3-13(2)8-6-4-5-7(11)9(8)10(12)14/h4-6H,3H2,1-2H3,(H2,12,14). The number of nitrogens with two attached hydrogens (primary N) is 1. The number of rotatable bonds is 3. The molecule has 2 nitrogen and oxygen atoms in total. The van der Waals surface area contributed by atoms with Crippen LogP contribution < -0.4 is 10.6 Å². The van der Waals surface area contributed by atoms with Crippen molar-refractivity contribution in [3.05, 3.63) is 28.2 Å². The van der Waals surface area contributed by atoms with Crippen molar-refractivity contribution < 1.29 is 0 Å². The van der Waals surface area contributed by atoms with Gasteiger partial charge in [0.05, 0.1) is 0 Å². The summed E-state index contributed by atoms with van der Waals surface area (Å²) in [6, 6.07) is 5.94. The van der Waals surface area contributed by atoms with Crippen LogP contribution in [0.3, 0.4) is 0 Å². The first-order chi connectivity index (χ1) is 6.57. The monoisotopic (exact) mass is 272 g/mol. The van der Waals surface area contributed by atoms with E-state index in [1.54, 1.807) is 0 Å². The Morgan fingerprint density at radius 1 is 1.57 bits per heavy atom. The lowest BCUT2D eigenvalue weighted by molar-refractivity contribution is 0.966. The summed E-state index contributed by atoms with van der Waals surface area (Å²) in [5.41, 5.74) is 7.66. The zero-order chi connectivity index (χ0) is 10.7. The second-order valence-corrected chi connectivity index (χ2v) is 4.31. The van der Waals surface area contributed by atoms with E-state index in [2.05, 4.69) is 27.8 Å². The number of thiocarbonyl (C=S) groups is 1. The first-order valence-corrected chi connectivity index (χ1v) is 5.57. The molecule has 1 aromatic rings. The highest BCUT2D eigenvalue weighted by molar-refractivity contribution is 9.10. The van der Waals surface area contributed by atoms with Crippen molar-refractivity contribution in [3.8, 4) is 0 Å². The van der Waals surface area contributed by atoms with Gasteiger partial charge in [0, 0.05) is 29.3 Å². The van der Waals surface area contributed by atoms with Gasteiger partial charge in [0.2, 0.25) is 0 Å². The predicted molar refractivity (Wildman–Crippen MR) is 69.0 cm³/mol. The third-order valence-corrected chi connectivity index (χ3v) is 2.99. The molecule has 2 N–H and O–H groups in total. The van der Waals surface area contributed by atoms with Crippen molar-refractivity contribution in [1.82, 2.24) is 0 Å². The number of nitrogens with zero attached hydrogens (tertiary/aromatic N) is 1. The average Bonchev–Trinajstić information content (AvgIpc) is 2.15. The summed E-state index contributed by atoms with van der Waals surface area (Å²) >= 11 is 8.48. The average molecular weight is 273 g/mol. The molecule has 0 bridgehead atoms. The number of anilines is 1. The minimum Gasteiger partial charge on any atom is -0.389 e. The van der Waals surface area contributed by atoms with E-state index in [0.29, 0.717) is 4.99 Å². The van der Waals surface area contributed by atoms with Crippen molar-refractivity contribution in [1.29, 1.82) is 0 Å². The molecule has 0 atom stereocenters. The molecule has 1 aromatic carbocycles. The van der Waals surface area contributed by atoms with E-state index in [1.807, 2.05) is 25.2 Å². The highest BCUT2D eigenvalue weighted by Gasteiger charge is 2.11. The van der Waals surface area contributed by atoms with Crippen molar-refractivity contribution in [2.75, 3.05) is 18.5 Å². The fourth-order valence-electron chi connectivity index (χ4n) is 1.25. The van der Waals surface area contributed by atoms with Gasteiger partial charge in [-0.15, -0.1) is 0 Å². The molecule has 0 fully saturated rings. The van der Waals surface area contributed by atoms with E-state index >= 15 is 0 Å². The quantitative estimate of drug-likeness (QED) is 0.858. The molecule has 14 heavy (non-hydrogen) atoms. The van der Waals surface area contributed by atoms with E-state index in [-0.39, 0.29) is 0 Å². The largest absolute Gasteiger partial charge is 0.389 e. The lowest BCUT2D eigenvalue weighted by Gasteiger charge is -2.20. The van der Waals surface area contributed by atoms with Crippen LogP contribution in [0.4, 0.5) is 5.69 Å². The number of hydrogen-bond acceptors (Lipinski definition) is 2. The van der Waals surface area contributed by atoms with Crippen LogP contribution in [0.5, 0.6) is 0 Å². The summed E-state index contributed by atoms with van der Waals surface area (Å²) in [4.78, 5) is 2.53. The zero-order valence-electron chi connectivity index (χ0n) is 8.25. The van der Waals surface area contributed by atoms with Gasteiger partial charge in [0.1, 0.15) is 4.99 Å². The number of benzene rings is 1. The third-order valence-electron chi connectivity index (χ3n) is 2.12. The minimum atomic E-state index is 0.424. The molecule has 0 aliphatic carbocycles. The molecule has 1 rings (SSSR count). The molecule has 0 aromatic heterocycles. The van der Waals surface area contributed by atoms with Crippen molar-refractivity contribution in [2.45, 2.75) is 6.92 Å². The second kappa shape index (κ2) is 4.75. The van der Waals surface area contributed by atoms with E-state index in [0.717, 1.165) is 22.3 Å². The van der Waals surface area contributed by atoms with Gasteiger partial charge >= 0.3 is 0 Å². The first-order valence-electron chi connectivity index (χ1n) is 4.37. The van der Waals surface area contributed by atoms with E-state index < -0.39 is 0 Å². The Hall–Kier alpha value is -0.610. The van der Waals surface area contributed by atoms with Crippen molar-refractivity contribution in [3.63, 3.8) is 0 Å². The van der Waals surface area contributed by atoms with E-state index in [1.165, 1.54) is 0 Å². The van der Waals surface area contributed by atoms with Gasteiger partial charge in [0.15, 0.2) is 0 Å². The van der Waals surface area contributed by atoms with Crippen LogP contribution in [0, 0.1) is 0 Å². The van der Waals surface area contributed by atoms with Crippen LogP contribution in [-0.2, 0) is 0 Å². The molecule has 76 valence electrons. The fourth-order valence-corrected chi connectivity index (χ4v) is 2.16. The van der Waals surface area contributed by atoms with Crippen molar-refractivity contribution >= 4 is 38.8 Å². The van der Waals surface area contributed by atoms with Crippen LogP contribution in [0.15, 0.2) is 22.7 Å². The summed E-state index contributed by atoms with van der Waals surface area (Å²) in [6.45, 7) is 3.01. The van der Waals surface area contributed by atoms with Crippen LogP contribution >= 0.6 is 28.1 Å². The summed E-state index contributed by atoms with van der Waals surface area (Å²) in [7, 11) is 2.02. The summed E-state index contributed by atoms with van der Waals surface area (Å²) in [5, 5.41) is 0. The van der Waals surface area contributed by atoms with Gasteiger partial charge in [-0.1, -0.05) is 18.3 Å². The molecule has 0 heterocycles. The van der Waals surface area contributed by atoms with E-state index in [9.17, 15) is 0 Å². The Morgan fingerprint density at radius 3 is 2.71 bits per heavy atom. The van der Waals surface area contributed by atoms with Gasteiger partial charge in [0.25, 0.3) is 0 Å². The molecule has 0 spiro atoms. The molecular formula is C10H13BrN2S. The minimum absolute atomic E-state index is 0.424. The van der Waals surface area contributed by atoms with Crippen LogP contribution in [0.25, 0.3) is 0 Å². The molecule has 0 radical (unpaired) electrons. The summed E-state index contributed by atoms with van der Waals surface area (Å²) < 4.78 is 0.947. The third kappa shape index (κ3) is 2.25. The van der Waals surface area contributed by atoms with Gasteiger partial charge in [-0.25, -0.2) is 0 Å². The topological polar surface area (TPSA) is 29.3 Å². The fraction of sp³-hybridized carbons (Fsp3) is 0.300. The molecule has 0 saturated heterocycles. The molecule has 0 amide bonds. The maximum Gasteiger partial charge on any atom is 0.107 e. The molecular weight excluding hydrogens is 260 g/mol. The summed E-state index contributed by atoms with van der Waals surface area (Å²) in [6.07, 6.45) is 0. The van der Waals surface area contributed by atoms with Gasteiger partial charge in [-0.2, -0.15) is 0 Å². The predicted octanol–water partition coefficient (Wildman–Crippen LogP) is 2.54. The maximum absolute atomic E-state index is 5.68. The molecule has 0 unspecified atom stereocenters. The maximum atomic E-state index is 5.68. The first kappa shape index (κ1) is 11.5. The zero-order valence-corrected chi connectivity index (χ0v) is 10.7. The van der Waals surface area contributed by atoms with Crippen LogP contribution in [0.1, 0.15) is 12.5 Å². The Morgan fingerprint density at radius 2 is 2.21 bits per heavy atom. The lowest BCUT2D eigenvalue weighted by Crippen LogP contribution is -2.21. The lowest BCUT2D eigenvalue weighted by atomic mass is 10.1. The van der Waals surface area contributed by atoms with Crippen LogP contribution in [-0.4, -0.2) is 18.6 Å². The van der Waals surface area contributed by atoms with E-state index in [4.69, 9.17) is 18.0 Å². The van der Waals surface area contributed by atoms with Crippen molar-refractivity contribution in [2.24, 2.45) is 5.73 Å². The molecule has 0 saturated carbocycles. The number of halogens is 1. The van der Waals surface area contributed by atoms with Crippen LogP contribution in [0.2, 0.25) is 0 Å². The molecule has 0 aliphatic rings. The SMILES string of the molecule is CCN(C)c1cccc(Br)c1C(N)=S. The smallest absolute Gasteiger partial charge is 0.107 e. The van der Waals surface area contributed by atoms with Gasteiger partial charge in [-0.3, -0.25) is 0 Å². The highest BCUT2D eigenvalue weighted by atomic mass is 79.9. The molecule has 4 heteroatoms. The molecule has 0 aliphatic heterocycles. The van der Waals surface area contributed by atoms with Gasteiger partial charge < -0.3 is 10.6 Å². The van der Waals surface area contributed by atoms with Gasteiger partial charge in [-0.05, 0) is 35.0 Å².